The standard InChI is InChI=1S/C24H24N6O2/c1-3-7-20-18(5-1)22(24-23(26-20)19-6-2-4-8-21(19)32-24)25-15-17-16-30(28-27-17)10-9-29-11-13-31-14-12-29/h1-8,16H,9-15H2,(H,25,26). The van der Waals surface area contributed by atoms with Crippen LogP contribution in [0.1, 0.15) is 5.69 Å². The fourth-order valence-corrected chi connectivity index (χ4v) is 4.29. The van der Waals surface area contributed by atoms with Crippen molar-refractivity contribution >= 4 is 38.7 Å². The number of benzene rings is 2. The van der Waals surface area contributed by atoms with E-state index in [0.29, 0.717) is 6.54 Å². The Morgan fingerprint density at radius 1 is 0.938 bits per heavy atom. The summed E-state index contributed by atoms with van der Waals surface area (Å²) in [5, 5.41) is 14.3. The molecule has 1 aliphatic rings. The maximum absolute atomic E-state index is 6.21. The van der Waals surface area contributed by atoms with Gasteiger partial charge in [0, 0.05) is 30.4 Å². The number of aromatic nitrogens is 4. The Hall–Kier alpha value is -3.49. The van der Waals surface area contributed by atoms with Gasteiger partial charge < -0.3 is 14.5 Å². The van der Waals surface area contributed by atoms with Crippen LogP contribution in [0.2, 0.25) is 0 Å². The molecule has 4 heterocycles. The highest BCUT2D eigenvalue weighted by Gasteiger charge is 2.16. The van der Waals surface area contributed by atoms with Crippen LogP contribution in [0.25, 0.3) is 33.0 Å². The number of nitrogens with one attached hydrogen (secondary N) is 1. The fourth-order valence-electron chi connectivity index (χ4n) is 4.29. The predicted octanol–water partition coefficient (Wildman–Crippen LogP) is 3.67. The molecule has 0 unspecified atom stereocenters. The number of hydrogen-bond acceptors (Lipinski definition) is 7. The molecule has 1 aliphatic heterocycles. The zero-order valence-corrected chi connectivity index (χ0v) is 17.7. The second-order valence-electron chi connectivity index (χ2n) is 8.06. The SMILES string of the molecule is c1ccc2c(NCc3cn(CCN4CCOCC4)nn3)c3oc4ccccc4c3nc2c1. The van der Waals surface area contributed by atoms with Crippen molar-refractivity contribution in [2.24, 2.45) is 0 Å². The molecule has 0 amide bonds. The summed E-state index contributed by atoms with van der Waals surface area (Å²) in [6.07, 6.45) is 2.01. The second-order valence-corrected chi connectivity index (χ2v) is 8.06. The van der Waals surface area contributed by atoms with E-state index in [1.807, 2.05) is 53.3 Å². The monoisotopic (exact) mass is 428 g/mol. The maximum Gasteiger partial charge on any atom is 0.177 e. The van der Waals surface area contributed by atoms with Crippen LogP contribution in [0.15, 0.2) is 59.1 Å². The average molecular weight is 428 g/mol. The summed E-state index contributed by atoms with van der Waals surface area (Å²) in [5.74, 6) is 0. The first-order chi connectivity index (χ1) is 15.8. The van der Waals surface area contributed by atoms with Crippen molar-refractivity contribution in [3.63, 3.8) is 0 Å². The van der Waals surface area contributed by atoms with Gasteiger partial charge in [-0.2, -0.15) is 0 Å². The van der Waals surface area contributed by atoms with E-state index in [0.717, 1.165) is 83.7 Å². The molecule has 1 fully saturated rings. The molecule has 6 rings (SSSR count). The number of rotatable bonds is 6. The Morgan fingerprint density at radius 2 is 1.75 bits per heavy atom. The van der Waals surface area contributed by atoms with Crippen LogP contribution >= 0.6 is 0 Å². The third-order valence-electron chi connectivity index (χ3n) is 5.98. The molecule has 5 aromatic rings. The minimum atomic E-state index is 0.553. The molecule has 8 heteroatoms. The minimum Gasteiger partial charge on any atom is -0.452 e. The van der Waals surface area contributed by atoms with Gasteiger partial charge in [0.05, 0.1) is 43.7 Å². The normalized spacial score (nSPS) is 15.1. The second kappa shape index (κ2) is 8.22. The van der Waals surface area contributed by atoms with E-state index in [-0.39, 0.29) is 0 Å². The summed E-state index contributed by atoms with van der Waals surface area (Å²) in [6.45, 7) is 5.90. The van der Waals surface area contributed by atoms with E-state index < -0.39 is 0 Å². The predicted molar refractivity (Wildman–Crippen MR) is 124 cm³/mol. The number of fused-ring (bicyclic) bond motifs is 4. The Morgan fingerprint density at radius 3 is 2.66 bits per heavy atom. The van der Waals surface area contributed by atoms with E-state index in [1.54, 1.807) is 0 Å². The zero-order valence-electron chi connectivity index (χ0n) is 17.7. The van der Waals surface area contributed by atoms with Crippen molar-refractivity contribution < 1.29 is 9.15 Å². The van der Waals surface area contributed by atoms with Crippen LogP contribution in [0.5, 0.6) is 0 Å². The molecular formula is C24H24N6O2. The number of nitrogens with zero attached hydrogens (tertiary/aromatic N) is 5. The van der Waals surface area contributed by atoms with Crippen molar-refractivity contribution in [2.45, 2.75) is 13.1 Å². The lowest BCUT2D eigenvalue weighted by molar-refractivity contribution is 0.0359. The molecule has 2 aromatic carbocycles. The van der Waals surface area contributed by atoms with E-state index >= 15 is 0 Å². The summed E-state index contributed by atoms with van der Waals surface area (Å²) >= 11 is 0. The molecule has 0 bridgehead atoms. The molecule has 1 N–H and O–H groups in total. The Kier molecular flexibility index (Phi) is 4.93. The number of ether oxygens (including phenoxy) is 1. The number of morpholine rings is 1. The van der Waals surface area contributed by atoms with Crippen LogP contribution in [0.4, 0.5) is 5.69 Å². The Bertz CT molecular complexity index is 1390. The molecule has 0 atom stereocenters. The molecule has 8 nitrogen and oxygen atoms in total. The van der Waals surface area contributed by atoms with E-state index in [1.165, 1.54) is 0 Å². The molecule has 162 valence electrons. The molecular weight excluding hydrogens is 404 g/mol. The van der Waals surface area contributed by atoms with Crippen LogP contribution in [-0.4, -0.2) is 57.7 Å². The smallest absolute Gasteiger partial charge is 0.177 e. The number of furan rings is 1. The first-order valence-electron chi connectivity index (χ1n) is 11.0. The number of pyridine rings is 1. The van der Waals surface area contributed by atoms with Gasteiger partial charge in [0.15, 0.2) is 5.58 Å². The van der Waals surface area contributed by atoms with Crippen molar-refractivity contribution in [3.8, 4) is 0 Å². The number of para-hydroxylation sites is 2. The van der Waals surface area contributed by atoms with Crippen LogP contribution in [0.3, 0.4) is 0 Å². The van der Waals surface area contributed by atoms with Gasteiger partial charge in [-0.1, -0.05) is 35.5 Å². The zero-order chi connectivity index (χ0) is 21.3. The summed E-state index contributed by atoms with van der Waals surface area (Å²) in [5.41, 5.74) is 5.23. The average Bonchev–Trinajstić information content (AvgIpc) is 3.45. The highest BCUT2D eigenvalue weighted by atomic mass is 16.5. The highest BCUT2D eigenvalue weighted by Crippen LogP contribution is 2.36. The Balaban J connectivity index is 1.26. The fraction of sp³-hybridized carbons (Fsp3) is 0.292. The van der Waals surface area contributed by atoms with Crippen molar-refractivity contribution in [1.82, 2.24) is 24.9 Å². The molecule has 0 spiro atoms. The molecule has 1 saturated heterocycles. The number of anilines is 1. The third-order valence-corrected chi connectivity index (χ3v) is 5.98. The summed E-state index contributed by atoms with van der Waals surface area (Å²) in [7, 11) is 0. The largest absolute Gasteiger partial charge is 0.452 e. The lowest BCUT2D eigenvalue weighted by Gasteiger charge is -2.26. The highest BCUT2D eigenvalue weighted by molar-refractivity contribution is 6.13. The van der Waals surface area contributed by atoms with Crippen molar-refractivity contribution in [1.29, 1.82) is 0 Å². The summed E-state index contributed by atoms with van der Waals surface area (Å²) in [6, 6.07) is 16.1. The quantitative estimate of drug-likeness (QED) is 0.442. The first-order valence-corrected chi connectivity index (χ1v) is 11.0. The Labute approximate surface area is 184 Å². The lowest BCUT2D eigenvalue weighted by atomic mass is 10.1. The van der Waals surface area contributed by atoms with Gasteiger partial charge in [0.1, 0.15) is 16.8 Å². The maximum atomic E-state index is 6.21. The minimum absolute atomic E-state index is 0.553. The van der Waals surface area contributed by atoms with Gasteiger partial charge in [-0.25, -0.2) is 4.98 Å². The molecule has 0 aliphatic carbocycles. The molecule has 0 radical (unpaired) electrons. The van der Waals surface area contributed by atoms with Crippen LogP contribution in [0, 0.1) is 0 Å². The van der Waals surface area contributed by atoms with Crippen molar-refractivity contribution in [3.05, 3.63) is 60.4 Å². The topological polar surface area (TPSA) is 81.2 Å². The van der Waals surface area contributed by atoms with Crippen LogP contribution < -0.4 is 5.32 Å². The van der Waals surface area contributed by atoms with Gasteiger partial charge in [0.25, 0.3) is 0 Å². The van der Waals surface area contributed by atoms with Gasteiger partial charge in [-0.05, 0) is 18.2 Å². The van der Waals surface area contributed by atoms with Gasteiger partial charge in [0.2, 0.25) is 0 Å². The van der Waals surface area contributed by atoms with E-state index in [9.17, 15) is 0 Å². The van der Waals surface area contributed by atoms with Crippen molar-refractivity contribution in [2.75, 3.05) is 38.2 Å². The van der Waals surface area contributed by atoms with Gasteiger partial charge in [-0.15, -0.1) is 5.10 Å². The van der Waals surface area contributed by atoms with Gasteiger partial charge in [-0.3, -0.25) is 9.58 Å². The summed E-state index contributed by atoms with van der Waals surface area (Å²) < 4.78 is 13.5. The van der Waals surface area contributed by atoms with E-state index in [2.05, 4.69) is 26.6 Å². The molecule has 0 saturated carbocycles. The van der Waals surface area contributed by atoms with Crippen LogP contribution in [-0.2, 0) is 17.8 Å². The van der Waals surface area contributed by atoms with Gasteiger partial charge >= 0.3 is 0 Å². The van der Waals surface area contributed by atoms with E-state index in [4.69, 9.17) is 14.1 Å². The number of hydrogen-bond donors (Lipinski definition) is 1. The summed E-state index contributed by atoms with van der Waals surface area (Å²) in [4.78, 5) is 7.27. The first kappa shape index (κ1) is 19.2. The molecule has 32 heavy (non-hydrogen) atoms. The third kappa shape index (κ3) is 3.57. The lowest BCUT2D eigenvalue weighted by Crippen LogP contribution is -2.38. The molecule has 3 aromatic heterocycles.